The van der Waals surface area contributed by atoms with Gasteiger partial charge in [-0.1, -0.05) is 35.9 Å². The van der Waals surface area contributed by atoms with Crippen LogP contribution in [0.15, 0.2) is 24.3 Å². The summed E-state index contributed by atoms with van der Waals surface area (Å²) >= 11 is 5.86. The average Bonchev–Trinajstić information content (AvgIpc) is 2.66. The number of amides is 2. The van der Waals surface area contributed by atoms with Crippen LogP contribution >= 0.6 is 11.6 Å². The SMILES string of the molecule is Cc1ccccc1C[C@H](CNC(=O)OC(C)(C)C)CNC(=O)c1nc(Cl)c(N)nc1N. The van der Waals surface area contributed by atoms with Gasteiger partial charge in [-0.05, 0) is 51.2 Å². The fourth-order valence-corrected chi connectivity index (χ4v) is 2.96. The van der Waals surface area contributed by atoms with Gasteiger partial charge in [0, 0.05) is 13.1 Å². The van der Waals surface area contributed by atoms with Crippen LogP contribution in [0.5, 0.6) is 0 Å². The number of nitrogen functional groups attached to an aromatic ring is 2. The lowest BCUT2D eigenvalue weighted by Crippen LogP contribution is -2.40. The zero-order valence-corrected chi connectivity index (χ0v) is 18.9. The van der Waals surface area contributed by atoms with Gasteiger partial charge in [0.25, 0.3) is 5.91 Å². The van der Waals surface area contributed by atoms with Gasteiger partial charge < -0.3 is 26.8 Å². The van der Waals surface area contributed by atoms with Crippen molar-refractivity contribution in [3.8, 4) is 0 Å². The highest BCUT2D eigenvalue weighted by molar-refractivity contribution is 6.31. The second kappa shape index (κ2) is 10.3. The van der Waals surface area contributed by atoms with E-state index in [9.17, 15) is 9.59 Å². The summed E-state index contributed by atoms with van der Waals surface area (Å²) in [6, 6.07) is 7.94. The Hall–Kier alpha value is -3.07. The van der Waals surface area contributed by atoms with Crippen LogP contribution in [0.1, 0.15) is 42.4 Å². The molecule has 0 aliphatic carbocycles. The normalized spacial score (nSPS) is 12.2. The van der Waals surface area contributed by atoms with Crippen molar-refractivity contribution in [3.05, 3.63) is 46.2 Å². The van der Waals surface area contributed by atoms with Crippen LogP contribution in [0.25, 0.3) is 0 Å². The third-order valence-electron chi connectivity index (χ3n) is 4.38. The first-order valence-electron chi connectivity index (χ1n) is 9.84. The van der Waals surface area contributed by atoms with Crippen LogP contribution in [0.2, 0.25) is 5.15 Å². The monoisotopic (exact) mass is 448 g/mol. The third-order valence-corrected chi connectivity index (χ3v) is 4.65. The van der Waals surface area contributed by atoms with Crippen LogP contribution in [0, 0.1) is 12.8 Å². The number of ether oxygens (including phenoxy) is 1. The number of hydrogen-bond donors (Lipinski definition) is 4. The number of nitrogens with two attached hydrogens (primary N) is 2. The molecule has 1 heterocycles. The molecule has 6 N–H and O–H groups in total. The molecular formula is C21H29ClN6O3. The molecule has 0 spiro atoms. The van der Waals surface area contributed by atoms with E-state index in [1.165, 1.54) is 0 Å². The fourth-order valence-electron chi connectivity index (χ4n) is 2.84. The Labute approximate surface area is 186 Å². The second-order valence-electron chi connectivity index (χ2n) is 8.22. The summed E-state index contributed by atoms with van der Waals surface area (Å²) in [7, 11) is 0. The lowest BCUT2D eigenvalue weighted by atomic mass is 9.96. The van der Waals surface area contributed by atoms with E-state index in [0.29, 0.717) is 13.0 Å². The van der Waals surface area contributed by atoms with Crippen molar-refractivity contribution in [2.75, 3.05) is 24.6 Å². The van der Waals surface area contributed by atoms with Gasteiger partial charge in [-0.3, -0.25) is 4.79 Å². The zero-order valence-electron chi connectivity index (χ0n) is 18.2. The van der Waals surface area contributed by atoms with Gasteiger partial charge >= 0.3 is 6.09 Å². The number of benzene rings is 1. The Kier molecular flexibility index (Phi) is 8.04. The van der Waals surface area contributed by atoms with Crippen molar-refractivity contribution < 1.29 is 14.3 Å². The zero-order chi connectivity index (χ0) is 23.2. The molecule has 168 valence electrons. The van der Waals surface area contributed by atoms with Crippen LogP contribution < -0.4 is 22.1 Å². The van der Waals surface area contributed by atoms with Crippen LogP contribution in [0.4, 0.5) is 16.4 Å². The van der Waals surface area contributed by atoms with Gasteiger partial charge in [-0.2, -0.15) is 0 Å². The summed E-state index contributed by atoms with van der Waals surface area (Å²) < 4.78 is 5.30. The first-order valence-corrected chi connectivity index (χ1v) is 10.2. The van der Waals surface area contributed by atoms with Crippen LogP contribution in [-0.4, -0.2) is 40.7 Å². The van der Waals surface area contributed by atoms with Crippen molar-refractivity contribution in [2.45, 2.75) is 39.7 Å². The lowest BCUT2D eigenvalue weighted by Gasteiger charge is -2.23. The molecule has 2 rings (SSSR count). The van der Waals surface area contributed by atoms with Gasteiger partial charge in [0.15, 0.2) is 22.5 Å². The molecule has 0 fully saturated rings. The first-order chi connectivity index (χ1) is 14.5. The molecule has 31 heavy (non-hydrogen) atoms. The number of alkyl carbamates (subject to hydrolysis) is 1. The largest absolute Gasteiger partial charge is 0.444 e. The summed E-state index contributed by atoms with van der Waals surface area (Å²) in [5.41, 5.74) is 12.8. The molecule has 0 aliphatic rings. The van der Waals surface area contributed by atoms with Gasteiger partial charge in [0.2, 0.25) is 0 Å². The molecular weight excluding hydrogens is 420 g/mol. The number of rotatable bonds is 7. The standard InChI is InChI=1S/C21H29ClN6O3/c1-12-7-5-6-8-14(12)9-13(11-26-20(30)31-21(2,3)4)10-25-19(29)15-17(23)28-18(24)16(22)27-15/h5-8,13H,9-11H2,1-4H3,(H,25,29)(H,26,30)(H4,23,24,28)/t13-/m0/s1. The average molecular weight is 449 g/mol. The third kappa shape index (κ3) is 7.60. The number of aromatic nitrogens is 2. The van der Waals surface area contributed by atoms with Crippen molar-refractivity contribution in [1.82, 2.24) is 20.6 Å². The Balaban J connectivity index is 2.09. The maximum atomic E-state index is 12.6. The minimum atomic E-state index is -0.603. The summed E-state index contributed by atoms with van der Waals surface area (Å²) in [6.45, 7) is 7.95. The summed E-state index contributed by atoms with van der Waals surface area (Å²) in [4.78, 5) is 32.4. The van der Waals surface area contributed by atoms with Gasteiger partial charge in [-0.25, -0.2) is 14.8 Å². The molecule has 0 unspecified atom stereocenters. The Morgan fingerprint density at radius 3 is 2.39 bits per heavy atom. The lowest BCUT2D eigenvalue weighted by molar-refractivity contribution is 0.0519. The highest BCUT2D eigenvalue weighted by Crippen LogP contribution is 2.18. The van der Waals surface area contributed by atoms with Gasteiger partial charge in [-0.15, -0.1) is 0 Å². The smallest absolute Gasteiger partial charge is 0.407 e. The van der Waals surface area contributed by atoms with E-state index in [-0.39, 0.29) is 34.9 Å². The van der Waals surface area contributed by atoms with Crippen LogP contribution in [-0.2, 0) is 11.2 Å². The van der Waals surface area contributed by atoms with E-state index in [2.05, 4.69) is 20.6 Å². The molecule has 10 heteroatoms. The molecule has 0 radical (unpaired) electrons. The Bertz CT molecular complexity index is 945. The minimum absolute atomic E-state index is 0.0466. The molecule has 0 saturated heterocycles. The first kappa shape index (κ1) is 24.2. The van der Waals surface area contributed by atoms with Gasteiger partial charge in [0.1, 0.15) is 5.60 Å². The number of carbonyl (C=O) groups is 2. The van der Waals surface area contributed by atoms with E-state index in [1.807, 2.05) is 31.2 Å². The summed E-state index contributed by atoms with van der Waals surface area (Å²) in [5.74, 6) is -0.800. The molecule has 9 nitrogen and oxygen atoms in total. The van der Waals surface area contributed by atoms with Gasteiger partial charge in [0.05, 0.1) is 0 Å². The molecule has 1 aromatic heterocycles. The Morgan fingerprint density at radius 2 is 1.74 bits per heavy atom. The number of anilines is 2. The van der Waals surface area contributed by atoms with E-state index in [0.717, 1.165) is 11.1 Å². The van der Waals surface area contributed by atoms with E-state index >= 15 is 0 Å². The fraction of sp³-hybridized carbons (Fsp3) is 0.429. The number of aryl methyl sites for hydroxylation is 1. The molecule has 0 saturated carbocycles. The second-order valence-corrected chi connectivity index (χ2v) is 8.58. The number of nitrogens with one attached hydrogen (secondary N) is 2. The molecule has 0 bridgehead atoms. The number of carbonyl (C=O) groups excluding carboxylic acids is 2. The number of halogens is 1. The van der Waals surface area contributed by atoms with E-state index in [4.69, 9.17) is 27.8 Å². The molecule has 2 amide bonds. The maximum Gasteiger partial charge on any atom is 0.407 e. The quantitative estimate of drug-likeness (QED) is 0.509. The Morgan fingerprint density at radius 1 is 1.10 bits per heavy atom. The summed E-state index contributed by atoms with van der Waals surface area (Å²) in [5, 5.41) is 5.46. The van der Waals surface area contributed by atoms with Crippen molar-refractivity contribution in [2.24, 2.45) is 5.92 Å². The van der Waals surface area contributed by atoms with E-state index in [1.54, 1.807) is 20.8 Å². The topological polar surface area (TPSA) is 145 Å². The minimum Gasteiger partial charge on any atom is -0.444 e. The predicted molar refractivity (Wildman–Crippen MR) is 121 cm³/mol. The number of nitrogens with zero attached hydrogens (tertiary/aromatic N) is 2. The highest BCUT2D eigenvalue weighted by Gasteiger charge is 2.20. The predicted octanol–water partition coefficient (Wildman–Crippen LogP) is 2.72. The molecule has 1 aromatic carbocycles. The van der Waals surface area contributed by atoms with E-state index < -0.39 is 17.6 Å². The maximum absolute atomic E-state index is 12.6. The molecule has 2 aromatic rings. The van der Waals surface area contributed by atoms with Crippen molar-refractivity contribution in [1.29, 1.82) is 0 Å². The highest BCUT2D eigenvalue weighted by atomic mass is 35.5. The van der Waals surface area contributed by atoms with Crippen molar-refractivity contribution >= 4 is 35.2 Å². The molecule has 1 atom stereocenters. The van der Waals surface area contributed by atoms with Crippen molar-refractivity contribution in [3.63, 3.8) is 0 Å². The van der Waals surface area contributed by atoms with Crippen LogP contribution in [0.3, 0.4) is 0 Å². The number of hydrogen-bond acceptors (Lipinski definition) is 7. The summed E-state index contributed by atoms with van der Waals surface area (Å²) in [6.07, 6.45) is 0.112. The molecule has 0 aliphatic heterocycles.